The molecular weight excluding hydrogens is 410 g/mol. The lowest BCUT2D eigenvalue weighted by molar-refractivity contribution is -0.386. The fourth-order valence-electron chi connectivity index (χ4n) is 2.65. The van der Waals surface area contributed by atoms with Gasteiger partial charge in [0.15, 0.2) is 5.75 Å². The third-order valence-electron chi connectivity index (χ3n) is 4.21. The molecule has 166 valence electrons. The lowest BCUT2D eigenvalue weighted by Gasteiger charge is -2.11. The molecule has 2 rings (SSSR count). The first-order chi connectivity index (χ1) is 14.8. The maximum atomic E-state index is 12.1. The van der Waals surface area contributed by atoms with Crippen LogP contribution in [0.2, 0.25) is 0 Å². The molecule has 0 saturated carbocycles. The number of carbonyl (C=O) groups excluding carboxylic acids is 1. The Balaban J connectivity index is 2.17. The third kappa shape index (κ3) is 6.26. The molecule has 1 aromatic carbocycles. The molecule has 0 aliphatic carbocycles. The monoisotopic (exact) mass is 433 g/mol. The first-order valence-corrected chi connectivity index (χ1v) is 9.40. The standard InChI is InChI=1S/C19H23N5O7/c1-4-5-6-31-17-14(24(28)29)7-12(8-15(17)30-3)10-20-23-16(25)9-13-11(2)21-19(27)22-18(13)26/h7-8,10H,4-6,9H2,1-3H3,(H,23,25)(H2,21,22,26,27)/b20-10-. The molecule has 0 saturated heterocycles. The van der Waals surface area contributed by atoms with Gasteiger partial charge in [-0.05, 0) is 19.4 Å². The van der Waals surface area contributed by atoms with E-state index < -0.39 is 22.1 Å². The SMILES string of the molecule is CCCCOc1c(OC)cc(/C=N\NC(=O)Cc2c(C)[nH]c(=O)[nH]c2=O)cc1[N+](=O)[O-]. The Bertz CT molecular complexity index is 1100. The third-order valence-corrected chi connectivity index (χ3v) is 4.21. The van der Waals surface area contributed by atoms with Crippen molar-refractivity contribution in [2.24, 2.45) is 5.10 Å². The first-order valence-electron chi connectivity index (χ1n) is 9.40. The van der Waals surface area contributed by atoms with Gasteiger partial charge in [-0.1, -0.05) is 13.3 Å². The second-order valence-electron chi connectivity index (χ2n) is 6.51. The number of nitro benzene ring substituents is 1. The van der Waals surface area contributed by atoms with E-state index in [4.69, 9.17) is 9.47 Å². The number of aromatic nitrogens is 2. The summed E-state index contributed by atoms with van der Waals surface area (Å²) < 4.78 is 10.7. The van der Waals surface area contributed by atoms with Crippen molar-refractivity contribution >= 4 is 17.8 Å². The Hall–Kier alpha value is -3.96. The van der Waals surface area contributed by atoms with E-state index in [-0.39, 0.29) is 34.9 Å². The van der Waals surface area contributed by atoms with Crippen LogP contribution >= 0.6 is 0 Å². The molecule has 3 N–H and O–H groups in total. The zero-order valence-corrected chi connectivity index (χ0v) is 17.3. The highest BCUT2D eigenvalue weighted by atomic mass is 16.6. The van der Waals surface area contributed by atoms with Crippen LogP contribution in [-0.2, 0) is 11.2 Å². The van der Waals surface area contributed by atoms with Crippen molar-refractivity contribution in [2.45, 2.75) is 33.1 Å². The molecule has 12 nitrogen and oxygen atoms in total. The number of benzene rings is 1. The number of ether oxygens (including phenoxy) is 2. The maximum absolute atomic E-state index is 12.1. The fraction of sp³-hybridized carbons (Fsp3) is 0.368. The van der Waals surface area contributed by atoms with Gasteiger partial charge in [0, 0.05) is 22.9 Å². The van der Waals surface area contributed by atoms with Gasteiger partial charge in [0.05, 0.1) is 31.3 Å². The second-order valence-corrected chi connectivity index (χ2v) is 6.51. The number of H-pyrrole nitrogens is 2. The van der Waals surface area contributed by atoms with Crippen molar-refractivity contribution in [1.82, 2.24) is 15.4 Å². The zero-order valence-electron chi connectivity index (χ0n) is 17.3. The van der Waals surface area contributed by atoms with Gasteiger partial charge in [-0.25, -0.2) is 10.2 Å². The minimum absolute atomic E-state index is 0.0231. The van der Waals surface area contributed by atoms with Gasteiger partial charge in [0.1, 0.15) is 0 Å². The van der Waals surface area contributed by atoms with Crippen LogP contribution in [0, 0.1) is 17.0 Å². The van der Waals surface area contributed by atoms with Crippen molar-refractivity contribution in [3.05, 3.63) is 59.9 Å². The molecule has 0 radical (unpaired) electrons. The summed E-state index contributed by atoms with van der Waals surface area (Å²) in [6.07, 6.45) is 2.48. The molecule has 1 heterocycles. The number of hydrazone groups is 1. The Morgan fingerprint density at radius 1 is 1.32 bits per heavy atom. The van der Waals surface area contributed by atoms with Crippen molar-refractivity contribution in [3.63, 3.8) is 0 Å². The van der Waals surface area contributed by atoms with Crippen molar-refractivity contribution in [3.8, 4) is 11.5 Å². The summed E-state index contributed by atoms with van der Waals surface area (Å²) in [7, 11) is 1.36. The molecule has 1 amide bonds. The Morgan fingerprint density at radius 3 is 2.68 bits per heavy atom. The number of rotatable bonds is 10. The number of nitrogens with one attached hydrogen (secondary N) is 3. The summed E-state index contributed by atoms with van der Waals surface area (Å²) >= 11 is 0. The van der Waals surface area contributed by atoms with E-state index in [0.717, 1.165) is 12.8 Å². The number of hydrogen-bond acceptors (Lipinski definition) is 8. The maximum Gasteiger partial charge on any atom is 0.325 e. The largest absolute Gasteiger partial charge is 0.493 e. The number of unbranched alkanes of at least 4 members (excludes halogenated alkanes) is 1. The number of carbonyl (C=O) groups is 1. The summed E-state index contributed by atoms with van der Waals surface area (Å²) in [6.45, 7) is 3.77. The van der Waals surface area contributed by atoms with Crippen LogP contribution in [0.25, 0.3) is 0 Å². The average Bonchev–Trinajstić information content (AvgIpc) is 2.71. The minimum atomic E-state index is -0.667. The van der Waals surface area contributed by atoms with Crippen LogP contribution in [0.15, 0.2) is 26.8 Å². The number of aryl methyl sites for hydroxylation is 1. The van der Waals surface area contributed by atoms with Gasteiger partial charge in [0.2, 0.25) is 11.7 Å². The number of methoxy groups -OCH3 is 1. The van der Waals surface area contributed by atoms with Crippen molar-refractivity contribution in [2.75, 3.05) is 13.7 Å². The van der Waals surface area contributed by atoms with E-state index in [1.54, 1.807) is 0 Å². The smallest absolute Gasteiger partial charge is 0.325 e. The molecule has 12 heteroatoms. The van der Waals surface area contributed by atoms with E-state index in [2.05, 4.69) is 15.5 Å². The summed E-state index contributed by atoms with van der Waals surface area (Å²) in [5.74, 6) is -0.429. The van der Waals surface area contributed by atoms with Crippen LogP contribution in [0.3, 0.4) is 0 Å². The summed E-state index contributed by atoms with van der Waals surface area (Å²) in [6, 6.07) is 2.73. The lowest BCUT2D eigenvalue weighted by Crippen LogP contribution is -2.30. The summed E-state index contributed by atoms with van der Waals surface area (Å²) in [5.41, 5.74) is 1.27. The van der Waals surface area contributed by atoms with E-state index in [1.165, 1.54) is 32.4 Å². The van der Waals surface area contributed by atoms with Crippen LogP contribution in [0.5, 0.6) is 11.5 Å². The molecule has 2 aromatic rings. The molecule has 0 unspecified atom stereocenters. The van der Waals surface area contributed by atoms with E-state index in [9.17, 15) is 24.5 Å². The number of amides is 1. The highest BCUT2D eigenvalue weighted by molar-refractivity contribution is 5.85. The fourth-order valence-corrected chi connectivity index (χ4v) is 2.65. The minimum Gasteiger partial charge on any atom is -0.493 e. The van der Waals surface area contributed by atoms with Gasteiger partial charge >= 0.3 is 11.4 Å². The van der Waals surface area contributed by atoms with Gasteiger partial charge < -0.3 is 14.5 Å². The van der Waals surface area contributed by atoms with Crippen LogP contribution in [-0.4, -0.2) is 40.7 Å². The predicted molar refractivity (Wildman–Crippen MR) is 112 cm³/mol. The highest BCUT2D eigenvalue weighted by Crippen LogP contribution is 2.38. The quantitative estimate of drug-likeness (QED) is 0.218. The zero-order chi connectivity index (χ0) is 23.0. The lowest BCUT2D eigenvalue weighted by atomic mass is 10.1. The van der Waals surface area contributed by atoms with Gasteiger partial charge in [-0.3, -0.25) is 24.7 Å². The number of nitrogens with zero attached hydrogens (tertiary/aromatic N) is 2. The van der Waals surface area contributed by atoms with Crippen LogP contribution in [0.1, 0.15) is 36.6 Å². The van der Waals surface area contributed by atoms with Gasteiger partial charge in [-0.2, -0.15) is 5.10 Å². The normalized spacial score (nSPS) is 10.8. The van der Waals surface area contributed by atoms with Gasteiger partial charge in [0.25, 0.3) is 5.56 Å². The van der Waals surface area contributed by atoms with Crippen LogP contribution in [0.4, 0.5) is 5.69 Å². The molecule has 0 aliphatic rings. The molecule has 1 aromatic heterocycles. The van der Waals surface area contributed by atoms with Crippen LogP contribution < -0.4 is 26.1 Å². The predicted octanol–water partition coefficient (Wildman–Crippen LogP) is 1.16. The molecule has 0 aliphatic heterocycles. The van der Waals surface area contributed by atoms with E-state index >= 15 is 0 Å². The molecular formula is C19H23N5O7. The molecule has 0 fully saturated rings. The Kier molecular flexibility index (Phi) is 8.06. The summed E-state index contributed by atoms with van der Waals surface area (Å²) in [5, 5.41) is 15.2. The van der Waals surface area contributed by atoms with E-state index in [1.807, 2.05) is 11.9 Å². The topological polar surface area (TPSA) is 169 Å². The molecule has 0 bridgehead atoms. The Morgan fingerprint density at radius 2 is 2.06 bits per heavy atom. The van der Waals surface area contributed by atoms with Crippen molar-refractivity contribution in [1.29, 1.82) is 0 Å². The van der Waals surface area contributed by atoms with E-state index in [0.29, 0.717) is 12.2 Å². The summed E-state index contributed by atoms with van der Waals surface area (Å²) in [4.78, 5) is 50.4. The molecule has 0 spiro atoms. The Labute approximate surface area is 176 Å². The van der Waals surface area contributed by atoms with Crippen molar-refractivity contribution < 1.29 is 19.2 Å². The first kappa shape index (κ1) is 23.3. The molecule has 31 heavy (non-hydrogen) atoms. The number of hydrogen-bond donors (Lipinski definition) is 3. The molecule has 0 atom stereocenters. The average molecular weight is 433 g/mol. The second kappa shape index (κ2) is 10.7. The highest BCUT2D eigenvalue weighted by Gasteiger charge is 2.22. The number of nitro groups is 1. The number of aromatic amines is 2. The van der Waals surface area contributed by atoms with Gasteiger partial charge in [-0.15, -0.1) is 0 Å².